The van der Waals surface area contributed by atoms with E-state index < -0.39 is 24.0 Å². The number of nitrogens with two attached hydrogens (primary N) is 1. The lowest BCUT2D eigenvalue weighted by Crippen LogP contribution is -2.47. The molecule has 0 bridgehead atoms. The Labute approximate surface area is 209 Å². The van der Waals surface area contributed by atoms with E-state index in [2.05, 4.69) is 12.2 Å². The molecule has 3 N–H and O–H groups in total. The largest absolute Gasteiger partial charge is 0.464 e. The van der Waals surface area contributed by atoms with Crippen molar-refractivity contribution in [1.82, 2.24) is 5.32 Å². The maximum Gasteiger partial charge on any atom is 0.328 e. The summed E-state index contributed by atoms with van der Waals surface area (Å²) in [5, 5.41) is 11.3. The number of nitrogens with one attached hydrogen (secondary N) is 1. The monoisotopic (exact) mass is 487 g/mol. The summed E-state index contributed by atoms with van der Waals surface area (Å²) in [4.78, 5) is 23.9. The van der Waals surface area contributed by atoms with Gasteiger partial charge in [-0.15, -0.1) is 12.4 Å². The first-order valence-corrected chi connectivity index (χ1v) is 13.1. The van der Waals surface area contributed by atoms with Crippen LogP contribution in [0.2, 0.25) is 0 Å². The second-order valence-electron chi connectivity index (χ2n) is 9.02. The molecule has 0 saturated carbocycles. The third-order valence-electron chi connectivity index (χ3n) is 5.80. The van der Waals surface area contributed by atoms with Crippen molar-refractivity contribution in [3.8, 4) is 6.07 Å². The summed E-state index contributed by atoms with van der Waals surface area (Å²) >= 11 is 0. The van der Waals surface area contributed by atoms with E-state index in [0.29, 0.717) is 6.61 Å². The molecule has 0 fully saturated rings. The molecule has 0 unspecified atom stereocenters. The highest BCUT2D eigenvalue weighted by Crippen LogP contribution is 2.13. The number of rotatable bonds is 22. The Morgan fingerprint density at radius 2 is 1.27 bits per heavy atom. The van der Waals surface area contributed by atoms with Gasteiger partial charge in [-0.2, -0.15) is 5.26 Å². The van der Waals surface area contributed by atoms with Crippen molar-refractivity contribution < 1.29 is 14.3 Å². The zero-order chi connectivity index (χ0) is 23.9. The Hall–Kier alpha value is -1.32. The molecule has 2 atom stereocenters. The topological polar surface area (TPSA) is 105 Å². The summed E-state index contributed by atoms with van der Waals surface area (Å²) in [6.45, 7) is 4.18. The van der Waals surface area contributed by atoms with Gasteiger partial charge in [-0.05, 0) is 19.8 Å². The Balaban J connectivity index is 0. The average Bonchev–Trinajstić information content (AvgIpc) is 2.78. The summed E-state index contributed by atoms with van der Waals surface area (Å²) in [5.74, 6) is -0.887. The maximum atomic E-state index is 12.2. The molecule has 6 nitrogen and oxygen atoms in total. The molecule has 33 heavy (non-hydrogen) atoms. The highest BCUT2D eigenvalue weighted by molar-refractivity contribution is 5.87. The molecule has 1 amide bonds. The van der Waals surface area contributed by atoms with Crippen molar-refractivity contribution in [2.24, 2.45) is 5.73 Å². The van der Waals surface area contributed by atoms with Crippen LogP contribution in [-0.4, -0.2) is 30.6 Å². The average molecular weight is 488 g/mol. The quantitative estimate of drug-likeness (QED) is 0.137. The van der Waals surface area contributed by atoms with Gasteiger partial charge in [0.25, 0.3) is 0 Å². The molecule has 0 aromatic heterocycles. The normalized spacial score (nSPS) is 12.3. The van der Waals surface area contributed by atoms with Gasteiger partial charge in [-0.1, -0.05) is 103 Å². The minimum absolute atomic E-state index is 0. The standard InChI is InChI=1S/C26H49N3O3.ClH/c1-3-4-5-6-7-8-9-10-11-12-13-14-15-16-17-18-22-32-26(31)24(20-19-21-27)29-25(30)23(2)28;/h23-24H,3-20,22,28H2,1-2H3,(H,29,30);1H/t23-,24+;/m1./s1. The van der Waals surface area contributed by atoms with E-state index in [9.17, 15) is 9.59 Å². The summed E-state index contributed by atoms with van der Waals surface area (Å²) in [7, 11) is 0. The highest BCUT2D eigenvalue weighted by atomic mass is 35.5. The van der Waals surface area contributed by atoms with Crippen LogP contribution in [0.15, 0.2) is 0 Å². The Kier molecular flexibility index (Phi) is 26.0. The van der Waals surface area contributed by atoms with Gasteiger partial charge < -0.3 is 15.8 Å². The Morgan fingerprint density at radius 1 is 0.848 bits per heavy atom. The number of ether oxygens (including phenoxy) is 1. The fourth-order valence-corrected chi connectivity index (χ4v) is 3.68. The van der Waals surface area contributed by atoms with E-state index in [1.165, 1.54) is 83.5 Å². The van der Waals surface area contributed by atoms with Gasteiger partial charge in [0.05, 0.1) is 18.7 Å². The Bertz CT molecular complexity index is 510. The van der Waals surface area contributed by atoms with Crippen LogP contribution in [0, 0.1) is 11.3 Å². The molecule has 7 heteroatoms. The number of carbonyl (C=O) groups excluding carboxylic acids is 2. The predicted octanol–water partition coefficient (Wildman–Crippen LogP) is 6.35. The summed E-state index contributed by atoms with van der Waals surface area (Å²) in [6, 6.07) is 0.493. The molecule has 194 valence electrons. The smallest absolute Gasteiger partial charge is 0.328 e. The van der Waals surface area contributed by atoms with Crippen LogP contribution in [0.3, 0.4) is 0 Å². The van der Waals surface area contributed by atoms with Gasteiger partial charge in [-0.3, -0.25) is 4.79 Å². The molecule has 0 spiro atoms. The zero-order valence-corrected chi connectivity index (χ0v) is 22.1. The van der Waals surface area contributed by atoms with E-state index in [-0.39, 0.29) is 25.2 Å². The SMILES string of the molecule is CCCCCCCCCCCCCCCCCCOC(=O)[C@H](CCC#N)NC(=O)[C@@H](C)N.Cl. The fourth-order valence-electron chi connectivity index (χ4n) is 3.68. The molecule has 0 heterocycles. The van der Waals surface area contributed by atoms with Crippen molar-refractivity contribution in [1.29, 1.82) is 5.26 Å². The number of carbonyl (C=O) groups is 2. The fraction of sp³-hybridized carbons (Fsp3) is 0.885. The van der Waals surface area contributed by atoms with Crippen LogP contribution >= 0.6 is 12.4 Å². The molecule has 0 rings (SSSR count). The minimum atomic E-state index is -0.797. The lowest BCUT2D eigenvalue weighted by atomic mass is 10.0. The molecular formula is C26H50ClN3O3. The van der Waals surface area contributed by atoms with Crippen LogP contribution in [0.4, 0.5) is 0 Å². The van der Waals surface area contributed by atoms with Crippen molar-refractivity contribution >= 4 is 24.3 Å². The van der Waals surface area contributed by atoms with E-state index in [4.69, 9.17) is 15.7 Å². The third kappa shape index (κ3) is 22.2. The van der Waals surface area contributed by atoms with Crippen LogP contribution in [0.25, 0.3) is 0 Å². The van der Waals surface area contributed by atoms with Crippen molar-refractivity contribution in [3.05, 3.63) is 0 Å². The molecule has 0 aliphatic carbocycles. The number of unbranched alkanes of at least 4 members (excludes halogenated alkanes) is 15. The second kappa shape index (κ2) is 25.3. The second-order valence-corrected chi connectivity index (χ2v) is 9.02. The van der Waals surface area contributed by atoms with Crippen molar-refractivity contribution in [2.75, 3.05) is 6.61 Å². The van der Waals surface area contributed by atoms with Gasteiger partial charge >= 0.3 is 5.97 Å². The number of esters is 1. The minimum Gasteiger partial charge on any atom is -0.464 e. The molecule has 0 aliphatic heterocycles. The van der Waals surface area contributed by atoms with Gasteiger partial charge in [0.1, 0.15) is 6.04 Å². The van der Waals surface area contributed by atoms with Gasteiger partial charge in [-0.25, -0.2) is 4.79 Å². The van der Waals surface area contributed by atoms with Crippen LogP contribution < -0.4 is 11.1 Å². The third-order valence-corrected chi connectivity index (χ3v) is 5.80. The summed E-state index contributed by atoms with van der Waals surface area (Å²) in [5.41, 5.74) is 5.53. The van der Waals surface area contributed by atoms with Crippen LogP contribution in [0.1, 0.15) is 129 Å². The van der Waals surface area contributed by atoms with Gasteiger partial charge in [0.2, 0.25) is 5.91 Å². The molecule has 0 radical (unpaired) electrons. The van der Waals surface area contributed by atoms with E-state index in [1.54, 1.807) is 6.92 Å². The van der Waals surface area contributed by atoms with Crippen LogP contribution in [-0.2, 0) is 14.3 Å². The summed E-state index contributed by atoms with van der Waals surface area (Å²) < 4.78 is 5.30. The molecule has 0 aromatic carbocycles. The molecular weight excluding hydrogens is 438 g/mol. The first-order chi connectivity index (χ1) is 15.5. The van der Waals surface area contributed by atoms with Crippen LogP contribution in [0.5, 0.6) is 0 Å². The number of amides is 1. The number of nitrogens with zero attached hydrogens (tertiary/aromatic N) is 1. The van der Waals surface area contributed by atoms with Gasteiger partial charge in [0.15, 0.2) is 0 Å². The van der Waals surface area contributed by atoms with E-state index in [1.807, 2.05) is 6.07 Å². The highest BCUT2D eigenvalue weighted by Gasteiger charge is 2.23. The number of hydrogen-bond donors (Lipinski definition) is 2. The zero-order valence-electron chi connectivity index (χ0n) is 21.2. The molecule has 0 aromatic rings. The number of nitriles is 1. The lowest BCUT2D eigenvalue weighted by molar-refractivity contribution is -0.148. The van der Waals surface area contributed by atoms with Crippen molar-refractivity contribution in [3.63, 3.8) is 0 Å². The first kappa shape index (κ1) is 33.9. The predicted molar refractivity (Wildman–Crippen MR) is 138 cm³/mol. The first-order valence-electron chi connectivity index (χ1n) is 13.1. The van der Waals surface area contributed by atoms with E-state index >= 15 is 0 Å². The maximum absolute atomic E-state index is 12.2. The summed E-state index contributed by atoms with van der Waals surface area (Å²) in [6.07, 6.45) is 21.2. The molecule has 0 saturated heterocycles. The number of halogens is 1. The van der Waals surface area contributed by atoms with Crippen molar-refractivity contribution in [2.45, 2.75) is 142 Å². The molecule has 0 aliphatic rings. The van der Waals surface area contributed by atoms with Gasteiger partial charge in [0, 0.05) is 6.42 Å². The number of hydrogen-bond acceptors (Lipinski definition) is 5. The Morgan fingerprint density at radius 3 is 1.67 bits per heavy atom. The lowest BCUT2D eigenvalue weighted by Gasteiger charge is -2.17. The van der Waals surface area contributed by atoms with E-state index in [0.717, 1.165) is 19.3 Å².